The van der Waals surface area contributed by atoms with Gasteiger partial charge in [-0.2, -0.15) is 0 Å². The summed E-state index contributed by atoms with van der Waals surface area (Å²) in [7, 11) is 1.33. The van der Waals surface area contributed by atoms with Gasteiger partial charge in [0, 0.05) is 5.69 Å². The van der Waals surface area contributed by atoms with Crippen molar-refractivity contribution in [2.24, 2.45) is 0 Å². The van der Waals surface area contributed by atoms with Crippen molar-refractivity contribution in [2.75, 3.05) is 12.4 Å². The molecule has 6 nitrogen and oxygen atoms in total. The summed E-state index contributed by atoms with van der Waals surface area (Å²) >= 11 is 0. The minimum Gasteiger partial charge on any atom is -0.453 e. The molecule has 0 radical (unpaired) electrons. The predicted octanol–water partition coefficient (Wildman–Crippen LogP) is 1.24. The molecule has 0 aromatic heterocycles. The number of carbonyl (C=O) groups is 2. The molecule has 0 saturated carbocycles. The van der Waals surface area contributed by atoms with Gasteiger partial charge in [0.25, 0.3) is 0 Å². The maximum absolute atomic E-state index is 12.8. The van der Waals surface area contributed by atoms with Gasteiger partial charge in [0.1, 0.15) is 0 Å². The SMILES string of the molecule is COC(=O)N1[C@@H]2C[C@]3(C(=O)Nc4ccccc43)[C@H]1CC[C@H]2O. The Morgan fingerprint density at radius 3 is 2.95 bits per heavy atom. The number of carbonyl (C=O) groups excluding carboxylic acids is 2. The first-order chi connectivity index (χ1) is 10.6. The minimum atomic E-state index is -0.771. The molecule has 3 heterocycles. The Labute approximate surface area is 128 Å². The summed E-state index contributed by atoms with van der Waals surface area (Å²) in [6.07, 6.45) is 0.545. The van der Waals surface area contributed by atoms with Crippen molar-refractivity contribution in [3.8, 4) is 0 Å². The summed E-state index contributed by atoms with van der Waals surface area (Å²) in [6.45, 7) is 0. The highest BCUT2D eigenvalue weighted by Gasteiger charge is 2.65. The summed E-state index contributed by atoms with van der Waals surface area (Å²) in [6, 6.07) is 6.97. The van der Waals surface area contributed by atoms with E-state index in [2.05, 4.69) is 5.32 Å². The number of benzene rings is 1. The first-order valence-electron chi connectivity index (χ1n) is 7.55. The van der Waals surface area contributed by atoms with E-state index < -0.39 is 17.6 Å². The number of fused-ring (bicyclic) bond motifs is 5. The second kappa shape index (κ2) is 4.46. The van der Waals surface area contributed by atoms with E-state index in [9.17, 15) is 14.7 Å². The van der Waals surface area contributed by atoms with Crippen molar-refractivity contribution in [2.45, 2.75) is 42.9 Å². The molecule has 2 bridgehead atoms. The lowest BCUT2D eigenvalue weighted by molar-refractivity contribution is -0.121. The van der Waals surface area contributed by atoms with Gasteiger partial charge in [-0.1, -0.05) is 18.2 Å². The molecule has 2 N–H and O–H groups in total. The van der Waals surface area contributed by atoms with E-state index in [0.29, 0.717) is 19.3 Å². The van der Waals surface area contributed by atoms with Gasteiger partial charge in [-0.3, -0.25) is 9.69 Å². The fourth-order valence-electron chi connectivity index (χ4n) is 4.50. The van der Waals surface area contributed by atoms with Crippen LogP contribution in [-0.2, 0) is 14.9 Å². The van der Waals surface area contributed by atoms with Gasteiger partial charge < -0.3 is 15.2 Å². The number of methoxy groups -OCH3 is 1. The molecule has 3 aliphatic rings. The van der Waals surface area contributed by atoms with Crippen molar-refractivity contribution >= 4 is 17.7 Å². The Morgan fingerprint density at radius 1 is 1.41 bits per heavy atom. The third-order valence-corrected chi connectivity index (χ3v) is 5.42. The molecular weight excluding hydrogens is 284 g/mol. The molecule has 6 heteroatoms. The van der Waals surface area contributed by atoms with Crippen LogP contribution in [0.25, 0.3) is 0 Å². The molecule has 1 aromatic rings. The number of anilines is 1. The molecule has 4 rings (SSSR count). The number of aliphatic hydroxyl groups is 1. The third-order valence-electron chi connectivity index (χ3n) is 5.42. The standard InChI is InChI=1S/C16H18N2O4/c1-22-15(21)18-11-8-16(13(18)7-6-12(11)19)9-4-2-3-5-10(9)17-14(16)20/h2-5,11-13,19H,6-8H2,1H3,(H,17,20)/t11-,12-,13-,16-/m1/s1. The van der Waals surface area contributed by atoms with Crippen molar-refractivity contribution in [3.05, 3.63) is 29.8 Å². The largest absolute Gasteiger partial charge is 0.453 e. The van der Waals surface area contributed by atoms with E-state index in [-0.39, 0.29) is 18.0 Å². The molecular formula is C16H18N2O4. The summed E-state index contributed by atoms with van der Waals surface area (Å²) in [5.41, 5.74) is 0.960. The van der Waals surface area contributed by atoms with Crippen LogP contribution >= 0.6 is 0 Å². The first-order valence-corrected chi connectivity index (χ1v) is 7.55. The highest BCUT2D eigenvalue weighted by molar-refractivity contribution is 6.07. The molecule has 4 atom stereocenters. The molecule has 2 amide bonds. The number of aliphatic hydroxyl groups excluding tert-OH is 1. The Balaban J connectivity index is 1.87. The number of piperidine rings is 1. The monoisotopic (exact) mass is 302 g/mol. The Kier molecular flexibility index (Phi) is 2.75. The Morgan fingerprint density at radius 2 is 2.18 bits per heavy atom. The number of nitrogens with zero attached hydrogens (tertiary/aromatic N) is 1. The van der Waals surface area contributed by atoms with Crippen molar-refractivity contribution in [1.82, 2.24) is 4.90 Å². The van der Waals surface area contributed by atoms with E-state index in [4.69, 9.17) is 4.74 Å². The lowest BCUT2D eigenvalue weighted by Crippen LogP contribution is -2.54. The zero-order valence-corrected chi connectivity index (χ0v) is 12.3. The van der Waals surface area contributed by atoms with E-state index in [1.807, 2.05) is 24.3 Å². The van der Waals surface area contributed by atoms with Crippen molar-refractivity contribution in [3.63, 3.8) is 0 Å². The number of ether oxygens (including phenoxy) is 1. The van der Waals surface area contributed by atoms with Crippen LogP contribution in [0.15, 0.2) is 24.3 Å². The smallest absolute Gasteiger partial charge is 0.410 e. The van der Waals surface area contributed by atoms with Gasteiger partial charge in [0.2, 0.25) is 5.91 Å². The molecule has 1 aromatic carbocycles. The van der Waals surface area contributed by atoms with Gasteiger partial charge in [-0.15, -0.1) is 0 Å². The van der Waals surface area contributed by atoms with Crippen LogP contribution in [0, 0.1) is 0 Å². The Hall–Kier alpha value is -2.08. The number of rotatable bonds is 0. The van der Waals surface area contributed by atoms with E-state index in [1.54, 1.807) is 4.90 Å². The van der Waals surface area contributed by atoms with Crippen LogP contribution in [0.1, 0.15) is 24.8 Å². The average molecular weight is 302 g/mol. The normalized spacial score (nSPS) is 35.5. The fourth-order valence-corrected chi connectivity index (χ4v) is 4.50. The third kappa shape index (κ3) is 1.48. The summed E-state index contributed by atoms with van der Waals surface area (Å²) in [5, 5.41) is 13.2. The molecule has 3 aliphatic heterocycles. The number of hydrogen-bond acceptors (Lipinski definition) is 4. The number of para-hydroxylation sites is 1. The number of nitrogens with one attached hydrogen (secondary N) is 1. The summed E-state index contributed by atoms with van der Waals surface area (Å²) < 4.78 is 4.89. The Bertz CT molecular complexity index is 661. The molecule has 2 saturated heterocycles. The van der Waals surface area contributed by atoms with Crippen molar-refractivity contribution in [1.29, 1.82) is 0 Å². The van der Waals surface area contributed by atoms with Gasteiger partial charge in [0.15, 0.2) is 0 Å². The van der Waals surface area contributed by atoms with Crippen molar-refractivity contribution < 1.29 is 19.4 Å². The van der Waals surface area contributed by atoms with Crippen LogP contribution in [-0.4, -0.2) is 47.3 Å². The second-order valence-corrected chi connectivity index (χ2v) is 6.28. The summed E-state index contributed by atoms with van der Waals surface area (Å²) in [4.78, 5) is 26.6. The topological polar surface area (TPSA) is 78.9 Å². The maximum atomic E-state index is 12.8. The van der Waals surface area contributed by atoms with Gasteiger partial charge in [-0.05, 0) is 30.9 Å². The van der Waals surface area contributed by atoms with Crippen LogP contribution < -0.4 is 5.32 Å². The van der Waals surface area contributed by atoms with Crippen LogP contribution in [0.2, 0.25) is 0 Å². The van der Waals surface area contributed by atoms with E-state index >= 15 is 0 Å². The zero-order chi connectivity index (χ0) is 15.5. The lowest BCUT2D eigenvalue weighted by Gasteiger charge is -2.38. The van der Waals surface area contributed by atoms with Crippen LogP contribution in [0.4, 0.5) is 10.5 Å². The average Bonchev–Trinajstić information content (AvgIpc) is 2.96. The maximum Gasteiger partial charge on any atom is 0.410 e. The minimum absolute atomic E-state index is 0.0794. The molecule has 22 heavy (non-hydrogen) atoms. The molecule has 0 aliphatic carbocycles. The van der Waals surface area contributed by atoms with Gasteiger partial charge in [0.05, 0.1) is 30.7 Å². The fraction of sp³-hybridized carbons (Fsp3) is 0.500. The van der Waals surface area contributed by atoms with Gasteiger partial charge >= 0.3 is 6.09 Å². The molecule has 1 spiro atoms. The van der Waals surface area contributed by atoms with E-state index in [0.717, 1.165) is 11.3 Å². The summed E-state index contributed by atoms with van der Waals surface area (Å²) in [5.74, 6) is -0.0794. The highest BCUT2D eigenvalue weighted by atomic mass is 16.5. The number of amides is 2. The zero-order valence-electron chi connectivity index (χ0n) is 12.3. The number of hydrogen-bond donors (Lipinski definition) is 2. The molecule has 116 valence electrons. The highest BCUT2D eigenvalue weighted by Crippen LogP contribution is 2.54. The van der Waals surface area contributed by atoms with Gasteiger partial charge in [-0.25, -0.2) is 4.79 Å². The lowest BCUT2D eigenvalue weighted by atomic mass is 9.74. The first kappa shape index (κ1) is 13.6. The van der Waals surface area contributed by atoms with Crippen LogP contribution in [0.5, 0.6) is 0 Å². The van der Waals surface area contributed by atoms with E-state index in [1.165, 1.54) is 7.11 Å². The second-order valence-electron chi connectivity index (χ2n) is 6.28. The molecule has 0 unspecified atom stereocenters. The molecule has 2 fully saturated rings. The predicted molar refractivity (Wildman–Crippen MR) is 78.4 cm³/mol. The van der Waals surface area contributed by atoms with Crippen LogP contribution in [0.3, 0.4) is 0 Å². The quantitative estimate of drug-likeness (QED) is 0.756.